The lowest BCUT2D eigenvalue weighted by atomic mass is 10.1. The second kappa shape index (κ2) is 6.49. The third kappa shape index (κ3) is 3.34. The van der Waals surface area contributed by atoms with E-state index in [1.165, 1.54) is 7.11 Å². The SMILES string of the molecule is CO/N=C1/C[C@@H](C(N)=O)N(C[C@@H](O)c2ccccc2)C1. The fraction of sp³-hybridized carbons (Fsp3) is 0.429. The normalized spacial score (nSPS) is 22.9. The number of β-amino-alcohol motifs (C(OH)–C–C–N with tert-alkyl or cyclic N) is 1. The summed E-state index contributed by atoms with van der Waals surface area (Å²) in [6, 6.07) is 8.88. The van der Waals surface area contributed by atoms with Crippen LogP contribution in [0.5, 0.6) is 0 Å². The Morgan fingerprint density at radius 3 is 2.85 bits per heavy atom. The fourth-order valence-corrected chi connectivity index (χ4v) is 2.43. The molecule has 1 aliphatic rings. The number of amides is 1. The van der Waals surface area contributed by atoms with Gasteiger partial charge in [-0.3, -0.25) is 9.69 Å². The highest BCUT2D eigenvalue weighted by molar-refractivity contribution is 5.95. The molecule has 2 atom stereocenters. The molecule has 1 amide bonds. The number of aliphatic hydroxyl groups excluding tert-OH is 1. The van der Waals surface area contributed by atoms with Crippen LogP contribution in [0.4, 0.5) is 0 Å². The van der Waals surface area contributed by atoms with Crippen LogP contribution in [0.3, 0.4) is 0 Å². The average Bonchev–Trinajstić information content (AvgIpc) is 2.83. The van der Waals surface area contributed by atoms with Crippen LogP contribution in [0.25, 0.3) is 0 Å². The van der Waals surface area contributed by atoms with E-state index in [-0.39, 0.29) is 0 Å². The topological polar surface area (TPSA) is 88.2 Å². The minimum atomic E-state index is -0.667. The summed E-state index contributed by atoms with van der Waals surface area (Å²) in [5.74, 6) is -0.411. The van der Waals surface area contributed by atoms with Gasteiger partial charge in [0.1, 0.15) is 7.11 Å². The number of likely N-dealkylation sites (tertiary alicyclic amines) is 1. The molecule has 6 heteroatoms. The molecule has 0 spiro atoms. The molecule has 108 valence electrons. The molecule has 0 unspecified atom stereocenters. The quantitative estimate of drug-likeness (QED) is 0.757. The molecular weight excluding hydrogens is 258 g/mol. The van der Waals surface area contributed by atoms with E-state index in [0.717, 1.165) is 11.3 Å². The van der Waals surface area contributed by atoms with E-state index in [1.54, 1.807) is 0 Å². The molecule has 1 aromatic carbocycles. The van der Waals surface area contributed by atoms with Crippen LogP contribution in [0.15, 0.2) is 35.5 Å². The summed E-state index contributed by atoms with van der Waals surface area (Å²) in [5, 5.41) is 14.1. The zero-order valence-electron chi connectivity index (χ0n) is 11.4. The van der Waals surface area contributed by atoms with Crippen molar-refractivity contribution in [3.63, 3.8) is 0 Å². The van der Waals surface area contributed by atoms with E-state index in [9.17, 15) is 9.90 Å². The molecule has 20 heavy (non-hydrogen) atoms. The summed E-state index contributed by atoms with van der Waals surface area (Å²) < 4.78 is 0. The Labute approximate surface area is 117 Å². The first kappa shape index (κ1) is 14.5. The predicted octanol–water partition coefficient (Wildman–Crippen LogP) is 0.282. The van der Waals surface area contributed by atoms with Gasteiger partial charge in [0.2, 0.25) is 5.91 Å². The van der Waals surface area contributed by atoms with Crippen molar-refractivity contribution in [3.05, 3.63) is 35.9 Å². The molecule has 0 bridgehead atoms. The largest absolute Gasteiger partial charge is 0.399 e. The number of carbonyl (C=O) groups is 1. The lowest BCUT2D eigenvalue weighted by Gasteiger charge is -2.24. The fourth-order valence-electron chi connectivity index (χ4n) is 2.43. The Hall–Kier alpha value is -1.92. The Balaban J connectivity index is 2.07. The van der Waals surface area contributed by atoms with Gasteiger partial charge in [0.25, 0.3) is 0 Å². The number of nitrogens with zero attached hydrogens (tertiary/aromatic N) is 2. The second-order valence-corrected chi connectivity index (χ2v) is 4.82. The maximum Gasteiger partial charge on any atom is 0.235 e. The van der Waals surface area contributed by atoms with Crippen molar-refractivity contribution in [2.24, 2.45) is 10.9 Å². The Bertz CT molecular complexity index is 490. The smallest absolute Gasteiger partial charge is 0.235 e. The number of rotatable bonds is 5. The number of nitrogens with two attached hydrogens (primary N) is 1. The second-order valence-electron chi connectivity index (χ2n) is 4.82. The molecule has 0 saturated carbocycles. The lowest BCUT2D eigenvalue weighted by molar-refractivity contribution is -0.122. The molecule has 3 N–H and O–H groups in total. The number of primary amides is 1. The molecule has 1 aromatic rings. The van der Waals surface area contributed by atoms with E-state index in [4.69, 9.17) is 10.6 Å². The predicted molar refractivity (Wildman–Crippen MR) is 75.0 cm³/mol. The van der Waals surface area contributed by atoms with Crippen LogP contribution >= 0.6 is 0 Å². The van der Waals surface area contributed by atoms with Gasteiger partial charge in [-0.1, -0.05) is 35.5 Å². The van der Waals surface area contributed by atoms with Crippen molar-refractivity contribution in [1.82, 2.24) is 4.90 Å². The Kier molecular flexibility index (Phi) is 4.70. The highest BCUT2D eigenvalue weighted by Gasteiger charge is 2.34. The van der Waals surface area contributed by atoms with Crippen molar-refractivity contribution in [2.45, 2.75) is 18.6 Å². The molecule has 1 heterocycles. The molecular formula is C14H19N3O3. The standard InChI is InChI=1S/C14H19N3O3/c1-20-16-11-7-12(14(15)19)17(8-11)9-13(18)10-5-3-2-4-6-10/h2-6,12-13,18H,7-9H2,1H3,(H2,15,19)/b16-11-/t12-,13+/m0/s1. The minimum Gasteiger partial charge on any atom is -0.399 e. The van der Waals surface area contributed by atoms with Crippen molar-refractivity contribution >= 4 is 11.6 Å². The summed E-state index contributed by atoms with van der Waals surface area (Å²) in [7, 11) is 1.47. The first-order valence-corrected chi connectivity index (χ1v) is 6.47. The van der Waals surface area contributed by atoms with Gasteiger partial charge in [-0.25, -0.2) is 0 Å². The summed E-state index contributed by atoms with van der Waals surface area (Å²) in [4.78, 5) is 18.1. The van der Waals surface area contributed by atoms with Gasteiger partial charge in [-0.2, -0.15) is 0 Å². The van der Waals surface area contributed by atoms with Crippen LogP contribution in [-0.2, 0) is 9.63 Å². The minimum absolute atomic E-state index is 0.334. The van der Waals surface area contributed by atoms with Crippen LogP contribution in [0.2, 0.25) is 0 Å². The van der Waals surface area contributed by atoms with Gasteiger partial charge in [0.15, 0.2) is 0 Å². The number of aliphatic hydroxyl groups is 1. The number of hydrogen-bond acceptors (Lipinski definition) is 5. The summed E-state index contributed by atoms with van der Waals surface area (Å²) >= 11 is 0. The van der Waals surface area contributed by atoms with Crippen molar-refractivity contribution in [2.75, 3.05) is 20.2 Å². The van der Waals surface area contributed by atoms with Gasteiger partial charge in [-0.15, -0.1) is 0 Å². The van der Waals surface area contributed by atoms with Gasteiger partial charge < -0.3 is 15.7 Å². The van der Waals surface area contributed by atoms with Crippen LogP contribution in [0.1, 0.15) is 18.1 Å². The monoisotopic (exact) mass is 277 g/mol. The Morgan fingerprint density at radius 1 is 1.55 bits per heavy atom. The van der Waals surface area contributed by atoms with Gasteiger partial charge >= 0.3 is 0 Å². The number of carbonyl (C=O) groups excluding carboxylic acids is 1. The molecule has 2 rings (SSSR count). The molecule has 1 aliphatic heterocycles. The number of oxime groups is 1. The van der Waals surface area contributed by atoms with Gasteiger partial charge in [0.05, 0.1) is 17.9 Å². The van der Waals surface area contributed by atoms with Crippen molar-refractivity contribution < 1.29 is 14.7 Å². The molecule has 0 aromatic heterocycles. The molecule has 0 aliphatic carbocycles. The third-order valence-corrected chi connectivity index (χ3v) is 3.40. The zero-order valence-corrected chi connectivity index (χ0v) is 11.4. The van der Waals surface area contributed by atoms with Crippen LogP contribution in [-0.4, -0.2) is 47.9 Å². The van der Waals surface area contributed by atoms with E-state index < -0.39 is 18.1 Å². The zero-order chi connectivity index (χ0) is 14.5. The summed E-state index contributed by atoms with van der Waals surface area (Å²) in [5.41, 5.74) is 6.98. The highest BCUT2D eigenvalue weighted by atomic mass is 16.6. The molecule has 1 saturated heterocycles. The van der Waals surface area contributed by atoms with Gasteiger partial charge in [0, 0.05) is 19.5 Å². The average molecular weight is 277 g/mol. The summed E-state index contributed by atoms with van der Waals surface area (Å²) in [6.45, 7) is 0.811. The third-order valence-electron chi connectivity index (χ3n) is 3.40. The first-order valence-electron chi connectivity index (χ1n) is 6.47. The lowest BCUT2D eigenvalue weighted by Crippen LogP contribution is -2.42. The van der Waals surface area contributed by atoms with E-state index >= 15 is 0 Å². The summed E-state index contributed by atoms with van der Waals surface area (Å²) in [6.07, 6.45) is -0.218. The molecule has 0 radical (unpaired) electrons. The van der Waals surface area contributed by atoms with E-state index in [2.05, 4.69) is 5.16 Å². The number of hydrogen-bond donors (Lipinski definition) is 2. The Morgan fingerprint density at radius 2 is 2.25 bits per heavy atom. The van der Waals surface area contributed by atoms with E-state index in [0.29, 0.717) is 19.5 Å². The van der Waals surface area contributed by atoms with Gasteiger partial charge in [-0.05, 0) is 5.56 Å². The maximum absolute atomic E-state index is 11.5. The first-order chi connectivity index (χ1) is 9.61. The molecule has 1 fully saturated rings. The van der Waals surface area contributed by atoms with E-state index in [1.807, 2.05) is 35.2 Å². The maximum atomic E-state index is 11.5. The van der Waals surface area contributed by atoms with Crippen LogP contribution < -0.4 is 5.73 Å². The van der Waals surface area contributed by atoms with Crippen molar-refractivity contribution in [3.8, 4) is 0 Å². The number of benzene rings is 1. The molecule has 6 nitrogen and oxygen atoms in total. The van der Waals surface area contributed by atoms with Crippen molar-refractivity contribution in [1.29, 1.82) is 0 Å². The van der Waals surface area contributed by atoms with Crippen LogP contribution in [0, 0.1) is 0 Å². The highest BCUT2D eigenvalue weighted by Crippen LogP contribution is 2.21.